The van der Waals surface area contributed by atoms with Gasteiger partial charge in [-0.2, -0.15) is 0 Å². The second-order valence-electron chi connectivity index (χ2n) is 12.9. The maximum Gasteiger partial charge on any atom is 0.235 e. The van der Waals surface area contributed by atoms with Crippen molar-refractivity contribution in [3.63, 3.8) is 0 Å². The van der Waals surface area contributed by atoms with Crippen LogP contribution in [0.2, 0.25) is 0 Å². The monoisotopic (exact) mass is 683 g/mol. The molecular weight excluding hydrogens is 651 g/mol. The summed E-state index contributed by atoms with van der Waals surface area (Å²) in [7, 11) is 0. The van der Waals surface area contributed by atoms with Gasteiger partial charge in [0.1, 0.15) is 0 Å². The van der Waals surface area contributed by atoms with Gasteiger partial charge in [0.05, 0.1) is 22.2 Å². The highest BCUT2D eigenvalue weighted by Gasteiger charge is 2.23. The van der Waals surface area contributed by atoms with E-state index in [0.29, 0.717) is 5.95 Å². The summed E-state index contributed by atoms with van der Waals surface area (Å²) in [5.74, 6) is 0.666. The van der Waals surface area contributed by atoms with Crippen LogP contribution in [0.4, 0.5) is 0 Å². The third-order valence-corrected chi connectivity index (χ3v) is 11.4. The Morgan fingerprint density at radius 2 is 1.08 bits per heavy atom. The van der Waals surface area contributed by atoms with E-state index in [9.17, 15) is 0 Å². The van der Waals surface area contributed by atoms with Crippen molar-refractivity contribution in [2.24, 2.45) is 0 Å². The summed E-state index contributed by atoms with van der Waals surface area (Å²) in [4.78, 5) is 10.7. The first-order valence-corrected chi connectivity index (χ1v) is 18.7. The third-order valence-electron chi connectivity index (χ3n) is 10.2. The van der Waals surface area contributed by atoms with Crippen LogP contribution in [0.1, 0.15) is 13.8 Å². The Balaban J connectivity index is 0.00000166. The Hall–Kier alpha value is -6.36. The molecule has 0 aliphatic heterocycles. The van der Waals surface area contributed by atoms with E-state index in [0.717, 1.165) is 33.2 Å². The molecule has 0 aliphatic rings. The molecule has 4 heteroatoms. The van der Waals surface area contributed by atoms with Gasteiger partial charge in [-0.3, -0.25) is 4.57 Å². The number of thiophene rings is 1. The van der Waals surface area contributed by atoms with Gasteiger partial charge in [-0.05, 0) is 39.7 Å². The van der Waals surface area contributed by atoms with Crippen molar-refractivity contribution in [2.75, 3.05) is 0 Å². The van der Waals surface area contributed by atoms with Crippen LogP contribution in [0, 0.1) is 0 Å². The summed E-state index contributed by atoms with van der Waals surface area (Å²) in [5, 5.41) is 11.1. The molecule has 3 nitrogen and oxygen atoms in total. The standard InChI is InChI=1S/C46H27N3S.C2H6/c1-2-14-30(15-3-1)43-35-18-8-9-23-38(35)47-46(48-43)49-39-26-24-28-12-4-6-16-31(28)41(39)36-21-10-19-33(44(36)49)34-20-11-22-37-42-32-17-7-5-13-29(32)25-27-40(42)50-45(34)37;1-2/h1-27H;1-2H3. The van der Waals surface area contributed by atoms with Crippen molar-refractivity contribution < 1.29 is 0 Å². The number of aromatic nitrogens is 3. The Labute approximate surface area is 305 Å². The fraction of sp³-hybridized carbons (Fsp3) is 0.0417. The Morgan fingerprint density at radius 3 is 1.87 bits per heavy atom. The van der Waals surface area contributed by atoms with E-state index in [1.807, 2.05) is 25.2 Å². The van der Waals surface area contributed by atoms with Crippen LogP contribution in [0.5, 0.6) is 0 Å². The first-order chi connectivity index (χ1) is 25.8. The van der Waals surface area contributed by atoms with E-state index in [1.165, 1.54) is 63.6 Å². The van der Waals surface area contributed by atoms with Crippen LogP contribution < -0.4 is 0 Å². The van der Waals surface area contributed by atoms with Crippen LogP contribution in [0.25, 0.3) is 103 Å². The minimum absolute atomic E-state index is 0.666. The smallest absolute Gasteiger partial charge is 0.235 e. The van der Waals surface area contributed by atoms with Gasteiger partial charge in [-0.15, -0.1) is 11.3 Å². The van der Waals surface area contributed by atoms with Crippen molar-refractivity contribution in [3.8, 4) is 28.3 Å². The second-order valence-corrected chi connectivity index (χ2v) is 14.0. The lowest BCUT2D eigenvalue weighted by atomic mass is 9.97. The summed E-state index contributed by atoms with van der Waals surface area (Å²) in [5.41, 5.74) is 7.51. The lowest BCUT2D eigenvalue weighted by Crippen LogP contribution is -2.04. The maximum absolute atomic E-state index is 5.41. The zero-order valence-corrected chi connectivity index (χ0v) is 29.7. The zero-order valence-electron chi connectivity index (χ0n) is 28.8. The third kappa shape index (κ3) is 4.51. The molecule has 0 fully saturated rings. The van der Waals surface area contributed by atoms with Crippen LogP contribution in [-0.4, -0.2) is 14.5 Å². The van der Waals surface area contributed by atoms with Crippen LogP contribution >= 0.6 is 11.3 Å². The number of rotatable bonds is 3. The minimum Gasteiger partial charge on any atom is -0.277 e. The fourth-order valence-corrected chi connectivity index (χ4v) is 9.27. The molecule has 246 valence electrons. The highest BCUT2D eigenvalue weighted by Crippen LogP contribution is 2.46. The minimum atomic E-state index is 0.666. The van der Waals surface area contributed by atoms with E-state index in [4.69, 9.17) is 9.97 Å². The van der Waals surface area contributed by atoms with E-state index in [1.54, 1.807) is 0 Å². The first kappa shape index (κ1) is 30.5. The van der Waals surface area contributed by atoms with Gasteiger partial charge >= 0.3 is 0 Å². The van der Waals surface area contributed by atoms with Crippen molar-refractivity contribution >= 4 is 85.8 Å². The molecule has 3 aromatic heterocycles. The topological polar surface area (TPSA) is 30.7 Å². The highest BCUT2D eigenvalue weighted by molar-refractivity contribution is 7.26. The molecule has 0 unspecified atom stereocenters. The van der Waals surface area contributed by atoms with Gasteiger partial charge < -0.3 is 0 Å². The lowest BCUT2D eigenvalue weighted by Gasteiger charge is -2.14. The van der Waals surface area contributed by atoms with Gasteiger partial charge in [0.2, 0.25) is 5.95 Å². The average molecular weight is 684 g/mol. The summed E-state index contributed by atoms with van der Waals surface area (Å²) in [6, 6.07) is 58.8. The van der Waals surface area contributed by atoms with Gasteiger partial charge in [0.25, 0.3) is 0 Å². The van der Waals surface area contributed by atoms with E-state index in [2.05, 4.69) is 168 Å². The van der Waals surface area contributed by atoms with E-state index >= 15 is 0 Å². The molecule has 11 aromatic rings. The van der Waals surface area contributed by atoms with Gasteiger partial charge in [0, 0.05) is 53.0 Å². The van der Waals surface area contributed by atoms with Gasteiger partial charge in [-0.1, -0.05) is 159 Å². The molecule has 8 aromatic carbocycles. The first-order valence-electron chi connectivity index (χ1n) is 17.9. The molecule has 0 radical (unpaired) electrons. The Kier molecular flexibility index (Phi) is 7.12. The predicted octanol–water partition coefficient (Wildman–Crippen LogP) is 13.8. The molecule has 0 amide bonds. The summed E-state index contributed by atoms with van der Waals surface area (Å²) in [6.07, 6.45) is 0. The number of benzene rings is 8. The SMILES string of the molecule is CC.c1ccc(-c2nc(-n3c4ccc5ccccc5c4c4cccc(-c5cccc6c5sc5ccc7ccccc7c56)c43)nc3ccccc23)cc1. The number of hydrogen-bond acceptors (Lipinski definition) is 3. The van der Waals surface area contributed by atoms with Crippen LogP contribution in [0.15, 0.2) is 164 Å². The van der Waals surface area contributed by atoms with Crippen LogP contribution in [0.3, 0.4) is 0 Å². The van der Waals surface area contributed by atoms with Crippen LogP contribution in [-0.2, 0) is 0 Å². The quantitative estimate of drug-likeness (QED) is 0.186. The largest absolute Gasteiger partial charge is 0.277 e. The molecule has 0 saturated carbocycles. The van der Waals surface area contributed by atoms with Crippen molar-refractivity contribution in [1.29, 1.82) is 0 Å². The predicted molar refractivity (Wildman–Crippen MR) is 224 cm³/mol. The number of nitrogens with zero attached hydrogens (tertiary/aromatic N) is 3. The average Bonchev–Trinajstić information content (AvgIpc) is 3.78. The van der Waals surface area contributed by atoms with Gasteiger partial charge in [-0.25, -0.2) is 9.97 Å². The zero-order chi connectivity index (χ0) is 34.8. The molecule has 52 heavy (non-hydrogen) atoms. The molecule has 0 atom stereocenters. The number of hydrogen-bond donors (Lipinski definition) is 0. The lowest BCUT2D eigenvalue weighted by molar-refractivity contribution is 1.01. The molecule has 0 saturated heterocycles. The van der Waals surface area contributed by atoms with Crippen molar-refractivity contribution in [2.45, 2.75) is 13.8 Å². The Morgan fingerprint density at radius 1 is 0.462 bits per heavy atom. The second kappa shape index (κ2) is 12.2. The summed E-state index contributed by atoms with van der Waals surface area (Å²) >= 11 is 1.88. The molecule has 11 rings (SSSR count). The number of para-hydroxylation sites is 2. The van der Waals surface area contributed by atoms with Gasteiger partial charge in [0.15, 0.2) is 0 Å². The summed E-state index contributed by atoms with van der Waals surface area (Å²) in [6.45, 7) is 4.00. The molecule has 0 N–H and O–H groups in total. The highest BCUT2D eigenvalue weighted by atomic mass is 32.1. The molecule has 0 aliphatic carbocycles. The molecule has 0 spiro atoms. The normalized spacial score (nSPS) is 11.7. The fourth-order valence-electron chi connectivity index (χ4n) is 8.02. The van der Waals surface area contributed by atoms with E-state index in [-0.39, 0.29) is 0 Å². The van der Waals surface area contributed by atoms with Crippen molar-refractivity contribution in [3.05, 3.63) is 164 Å². The maximum atomic E-state index is 5.41. The Bertz CT molecular complexity index is 3150. The number of fused-ring (bicyclic) bond motifs is 11. The molecular formula is C48H33N3S. The molecule has 0 bridgehead atoms. The molecule has 3 heterocycles. The van der Waals surface area contributed by atoms with E-state index < -0.39 is 0 Å². The van der Waals surface area contributed by atoms with Crippen molar-refractivity contribution in [1.82, 2.24) is 14.5 Å². The summed E-state index contributed by atoms with van der Waals surface area (Å²) < 4.78 is 4.90.